The number of nitrogens with one attached hydrogen (secondary N) is 1. The molecule has 132 valence electrons. The van der Waals surface area contributed by atoms with Crippen LogP contribution in [0.25, 0.3) is 0 Å². The van der Waals surface area contributed by atoms with Crippen molar-refractivity contribution in [1.29, 1.82) is 0 Å². The molecule has 0 aromatic carbocycles. The van der Waals surface area contributed by atoms with Crippen LogP contribution in [-0.2, 0) is 16.0 Å². The van der Waals surface area contributed by atoms with Crippen molar-refractivity contribution < 1.29 is 14.7 Å². The van der Waals surface area contributed by atoms with Gasteiger partial charge in [0.25, 0.3) is 0 Å². The van der Waals surface area contributed by atoms with E-state index in [2.05, 4.69) is 22.1 Å². The highest BCUT2D eigenvalue weighted by atomic mass is 16.4. The molecule has 0 unspecified atom stereocenters. The molecule has 1 aromatic rings. The molecule has 1 aliphatic rings. The van der Waals surface area contributed by atoms with Gasteiger partial charge in [-0.05, 0) is 30.9 Å². The maximum atomic E-state index is 12.2. The third kappa shape index (κ3) is 5.92. The van der Waals surface area contributed by atoms with Crippen molar-refractivity contribution in [3.63, 3.8) is 0 Å². The van der Waals surface area contributed by atoms with Crippen molar-refractivity contribution in [2.24, 2.45) is 5.92 Å². The van der Waals surface area contributed by atoms with Crippen LogP contribution in [0.1, 0.15) is 38.3 Å². The van der Waals surface area contributed by atoms with Gasteiger partial charge >= 0.3 is 5.97 Å². The summed E-state index contributed by atoms with van der Waals surface area (Å²) in [5.41, 5.74) is 0.923. The van der Waals surface area contributed by atoms with E-state index < -0.39 is 5.97 Å². The summed E-state index contributed by atoms with van der Waals surface area (Å²) in [6.07, 6.45) is 5.08. The number of pyridine rings is 1. The minimum atomic E-state index is -0.773. The molecule has 2 rings (SSSR count). The van der Waals surface area contributed by atoms with E-state index in [1.165, 1.54) is 0 Å². The molecule has 2 heterocycles. The maximum absolute atomic E-state index is 12.2. The van der Waals surface area contributed by atoms with Gasteiger partial charge in [-0.1, -0.05) is 19.4 Å². The van der Waals surface area contributed by atoms with Crippen LogP contribution in [0.5, 0.6) is 0 Å². The molecule has 0 spiro atoms. The Labute approximate surface area is 143 Å². The van der Waals surface area contributed by atoms with E-state index in [-0.39, 0.29) is 18.4 Å². The highest BCUT2D eigenvalue weighted by Gasteiger charge is 2.32. The molecule has 1 aromatic heterocycles. The number of aromatic nitrogens is 1. The fourth-order valence-corrected chi connectivity index (χ4v) is 3.29. The second-order valence-electron chi connectivity index (χ2n) is 6.45. The topological polar surface area (TPSA) is 82.5 Å². The number of nitrogens with zero attached hydrogens (tertiary/aromatic N) is 2. The molecule has 1 amide bonds. The van der Waals surface area contributed by atoms with Crippen LogP contribution in [-0.4, -0.2) is 52.5 Å². The molecular formula is C18H27N3O3. The van der Waals surface area contributed by atoms with Gasteiger partial charge in [0, 0.05) is 44.0 Å². The zero-order valence-electron chi connectivity index (χ0n) is 14.3. The Bertz CT molecular complexity index is 536. The number of rotatable bonds is 9. The Morgan fingerprint density at radius 1 is 1.33 bits per heavy atom. The average Bonchev–Trinajstić information content (AvgIpc) is 2.94. The smallest absolute Gasteiger partial charge is 0.304 e. The van der Waals surface area contributed by atoms with Crippen LogP contribution in [0.4, 0.5) is 0 Å². The van der Waals surface area contributed by atoms with Gasteiger partial charge in [0.15, 0.2) is 0 Å². The summed E-state index contributed by atoms with van der Waals surface area (Å²) < 4.78 is 0. The number of carbonyl (C=O) groups is 2. The number of likely N-dealkylation sites (tertiary alicyclic amines) is 1. The van der Waals surface area contributed by atoms with Crippen LogP contribution in [0.3, 0.4) is 0 Å². The number of amides is 1. The van der Waals surface area contributed by atoms with Crippen molar-refractivity contribution in [2.45, 2.75) is 45.1 Å². The summed E-state index contributed by atoms with van der Waals surface area (Å²) in [5.74, 6) is -0.320. The predicted molar refractivity (Wildman–Crippen MR) is 91.6 cm³/mol. The molecule has 0 saturated carbocycles. The van der Waals surface area contributed by atoms with Crippen LogP contribution in [0.2, 0.25) is 0 Å². The lowest BCUT2D eigenvalue weighted by molar-refractivity contribution is -0.137. The minimum absolute atomic E-state index is 0.0480. The zero-order chi connectivity index (χ0) is 17.4. The third-order valence-corrected chi connectivity index (χ3v) is 4.50. The first-order valence-electron chi connectivity index (χ1n) is 8.72. The third-order valence-electron chi connectivity index (χ3n) is 4.50. The van der Waals surface area contributed by atoms with Gasteiger partial charge in [-0.15, -0.1) is 0 Å². The molecular weight excluding hydrogens is 306 g/mol. The maximum Gasteiger partial charge on any atom is 0.304 e. The number of hydrogen-bond acceptors (Lipinski definition) is 4. The number of carboxylic acid groups (broad SMARTS) is 1. The number of carboxylic acids is 1. The van der Waals surface area contributed by atoms with Gasteiger partial charge in [0.2, 0.25) is 5.91 Å². The molecule has 1 saturated heterocycles. The van der Waals surface area contributed by atoms with Gasteiger partial charge < -0.3 is 15.3 Å². The molecule has 0 bridgehead atoms. The Balaban J connectivity index is 1.81. The van der Waals surface area contributed by atoms with Gasteiger partial charge in [0.1, 0.15) is 0 Å². The fraction of sp³-hybridized carbons (Fsp3) is 0.611. The number of hydrogen-bond donors (Lipinski definition) is 2. The molecule has 1 fully saturated rings. The summed E-state index contributed by atoms with van der Waals surface area (Å²) in [5, 5.41) is 12.0. The molecule has 24 heavy (non-hydrogen) atoms. The lowest BCUT2D eigenvalue weighted by atomic mass is 9.98. The summed E-state index contributed by atoms with van der Waals surface area (Å²) >= 11 is 0. The Morgan fingerprint density at radius 3 is 2.83 bits per heavy atom. The quantitative estimate of drug-likeness (QED) is 0.719. The first kappa shape index (κ1) is 18.4. The highest BCUT2D eigenvalue weighted by molar-refractivity contribution is 5.76. The van der Waals surface area contributed by atoms with Crippen LogP contribution in [0.15, 0.2) is 24.4 Å². The molecule has 6 heteroatoms. The lowest BCUT2D eigenvalue weighted by Gasteiger charge is -2.19. The second kappa shape index (κ2) is 9.37. The molecule has 2 atom stereocenters. The van der Waals surface area contributed by atoms with Crippen molar-refractivity contribution in [3.05, 3.63) is 30.1 Å². The van der Waals surface area contributed by atoms with E-state index in [9.17, 15) is 9.59 Å². The highest BCUT2D eigenvalue weighted by Crippen LogP contribution is 2.22. The van der Waals surface area contributed by atoms with Crippen LogP contribution >= 0.6 is 0 Å². The van der Waals surface area contributed by atoms with E-state index in [1.54, 1.807) is 6.20 Å². The lowest BCUT2D eigenvalue weighted by Crippen LogP contribution is -2.40. The summed E-state index contributed by atoms with van der Waals surface area (Å²) in [7, 11) is 0. The fourth-order valence-electron chi connectivity index (χ4n) is 3.29. The largest absolute Gasteiger partial charge is 0.481 e. The molecule has 0 aliphatic carbocycles. The molecule has 6 nitrogen and oxygen atoms in total. The summed E-state index contributed by atoms with van der Waals surface area (Å²) in [6, 6.07) is 5.84. The van der Waals surface area contributed by atoms with Crippen molar-refractivity contribution in [2.75, 3.05) is 19.6 Å². The van der Waals surface area contributed by atoms with E-state index in [0.717, 1.165) is 31.6 Å². The molecule has 0 radical (unpaired) electrons. The monoisotopic (exact) mass is 333 g/mol. The minimum Gasteiger partial charge on any atom is -0.481 e. The standard InChI is InChI=1S/C18H27N3O3/c1-2-5-14-12-21(11-9-18(23)24)13-16(14)20-17(22)8-7-15-6-3-4-10-19-15/h3-4,6,10,14,16H,2,5,7-9,11-13H2,1H3,(H,20,22)(H,23,24)/t14-,16-/m0/s1. The molecule has 2 N–H and O–H groups in total. The van der Waals surface area contributed by atoms with Crippen molar-refractivity contribution in [3.8, 4) is 0 Å². The van der Waals surface area contributed by atoms with Crippen molar-refractivity contribution >= 4 is 11.9 Å². The van der Waals surface area contributed by atoms with Gasteiger partial charge in [-0.25, -0.2) is 0 Å². The predicted octanol–water partition coefficient (Wildman–Crippen LogP) is 1.71. The van der Waals surface area contributed by atoms with E-state index in [1.807, 2.05) is 18.2 Å². The van der Waals surface area contributed by atoms with Gasteiger partial charge in [0.05, 0.1) is 6.42 Å². The zero-order valence-corrected chi connectivity index (χ0v) is 14.3. The number of carbonyl (C=O) groups excluding carboxylic acids is 1. The van der Waals surface area contributed by atoms with Crippen molar-refractivity contribution in [1.82, 2.24) is 15.2 Å². The van der Waals surface area contributed by atoms with Crippen LogP contribution in [0, 0.1) is 5.92 Å². The summed E-state index contributed by atoms with van der Waals surface area (Å²) in [6.45, 7) is 4.30. The number of aliphatic carboxylic acids is 1. The second-order valence-corrected chi connectivity index (χ2v) is 6.45. The first-order chi connectivity index (χ1) is 11.6. The SMILES string of the molecule is CCC[C@H]1CN(CCC(=O)O)C[C@@H]1NC(=O)CCc1ccccn1. The van der Waals surface area contributed by atoms with Gasteiger partial charge in [-0.3, -0.25) is 14.6 Å². The Morgan fingerprint density at radius 2 is 2.17 bits per heavy atom. The van der Waals surface area contributed by atoms with Crippen LogP contribution < -0.4 is 5.32 Å². The Kier molecular flexibility index (Phi) is 7.18. The van der Waals surface area contributed by atoms with Gasteiger partial charge in [-0.2, -0.15) is 0 Å². The normalized spacial score (nSPS) is 20.9. The van der Waals surface area contributed by atoms with E-state index in [4.69, 9.17) is 5.11 Å². The average molecular weight is 333 g/mol. The first-order valence-corrected chi connectivity index (χ1v) is 8.72. The summed E-state index contributed by atoms with van der Waals surface area (Å²) in [4.78, 5) is 29.4. The number of aryl methyl sites for hydroxylation is 1. The van der Waals surface area contributed by atoms with E-state index >= 15 is 0 Å². The van der Waals surface area contributed by atoms with E-state index in [0.29, 0.717) is 25.3 Å². The molecule has 1 aliphatic heterocycles. The Hall–Kier alpha value is -1.95.